The topological polar surface area (TPSA) is 82.1 Å². The first kappa shape index (κ1) is 22.1. The summed E-state index contributed by atoms with van der Waals surface area (Å²) in [6.07, 6.45) is 6.59. The monoisotopic (exact) mass is 484 g/mol. The Kier molecular flexibility index (Phi) is 6.50. The van der Waals surface area contributed by atoms with Crippen LogP contribution in [0.4, 0.5) is 5.69 Å². The maximum atomic E-state index is 11.1. The third-order valence-corrected chi connectivity index (χ3v) is 8.20. The lowest BCUT2D eigenvalue weighted by Gasteiger charge is -2.13. The highest BCUT2D eigenvalue weighted by atomic mass is 32.2. The van der Waals surface area contributed by atoms with Gasteiger partial charge in [-0.25, -0.2) is 0 Å². The van der Waals surface area contributed by atoms with Gasteiger partial charge in [-0.05, 0) is 62.0 Å². The fourth-order valence-electron chi connectivity index (χ4n) is 4.30. The summed E-state index contributed by atoms with van der Waals surface area (Å²) in [5, 5.41) is 15.5. The third-order valence-electron chi connectivity index (χ3n) is 5.89. The standard InChI is InChI=1S/C23H24N4O4S2/c1-32-23-19(16-6-8-17(9-7-16)27(28)29)21-22(33-23)20(18-5-4-12-26(18)21)24-31-15-30-14-13-25-10-2-3-11-25/h4-9,12H,2-3,10-11,13-15H2,1H3/b24-20-. The van der Waals surface area contributed by atoms with Crippen LogP contribution in [0.25, 0.3) is 16.8 Å². The molecule has 4 heterocycles. The number of oxime groups is 1. The van der Waals surface area contributed by atoms with Crippen LogP contribution in [0.15, 0.2) is 52.0 Å². The average Bonchev–Trinajstić information content (AvgIpc) is 3.60. The molecule has 5 rings (SSSR count). The van der Waals surface area contributed by atoms with Crippen molar-refractivity contribution in [1.29, 1.82) is 0 Å². The predicted molar refractivity (Wildman–Crippen MR) is 131 cm³/mol. The molecule has 0 saturated carbocycles. The number of aromatic nitrogens is 1. The van der Waals surface area contributed by atoms with Gasteiger partial charge in [0.15, 0.2) is 0 Å². The van der Waals surface area contributed by atoms with E-state index in [1.807, 2.05) is 36.7 Å². The van der Waals surface area contributed by atoms with Gasteiger partial charge < -0.3 is 19.0 Å². The van der Waals surface area contributed by atoms with Crippen molar-refractivity contribution < 1.29 is 14.5 Å². The zero-order valence-corrected chi connectivity index (χ0v) is 19.9. The highest BCUT2D eigenvalue weighted by Gasteiger charge is 2.33. The van der Waals surface area contributed by atoms with Crippen LogP contribution in [-0.2, 0) is 9.57 Å². The Morgan fingerprint density at radius 1 is 1.21 bits per heavy atom. The van der Waals surface area contributed by atoms with Crippen molar-refractivity contribution in [2.75, 3.05) is 39.3 Å². The third kappa shape index (κ3) is 4.31. The number of hydrogen-bond donors (Lipinski definition) is 0. The van der Waals surface area contributed by atoms with E-state index in [0.717, 1.165) is 56.9 Å². The SMILES string of the molecule is CSc1sc2c(c1-c1ccc([N+](=O)[O-])cc1)-n1cccc1/C2=N/OCOCCN1CCCC1. The van der Waals surface area contributed by atoms with Gasteiger partial charge in [-0.15, -0.1) is 23.1 Å². The van der Waals surface area contributed by atoms with E-state index < -0.39 is 0 Å². The summed E-state index contributed by atoms with van der Waals surface area (Å²) in [5.74, 6) is 0. The van der Waals surface area contributed by atoms with E-state index in [1.54, 1.807) is 35.2 Å². The highest BCUT2D eigenvalue weighted by molar-refractivity contribution is 8.00. The van der Waals surface area contributed by atoms with Gasteiger partial charge in [0.25, 0.3) is 5.69 Å². The van der Waals surface area contributed by atoms with Crippen LogP contribution in [0.2, 0.25) is 0 Å². The number of nitro groups is 1. The number of benzene rings is 1. The van der Waals surface area contributed by atoms with Gasteiger partial charge in [0.1, 0.15) is 5.71 Å². The molecule has 2 aromatic heterocycles. The second kappa shape index (κ2) is 9.68. The summed E-state index contributed by atoms with van der Waals surface area (Å²) in [7, 11) is 0. The molecule has 8 nitrogen and oxygen atoms in total. The molecule has 0 N–H and O–H groups in total. The molecule has 0 unspecified atom stereocenters. The van der Waals surface area contributed by atoms with E-state index in [1.165, 1.54) is 12.8 Å². The van der Waals surface area contributed by atoms with Gasteiger partial charge in [0, 0.05) is 30.4 Å². The smallest absolute Gasteiger partial charge is 0.269 e. The average molecular weight is 485 g/mol. The van der Waals surface area contributed by atoms with E-state index in [2.05, 4.69) is 14.6 Å². The number of fused-ring (bicyclic) bond motifs is 3. The number of thiophene rings is 1. The van der Waals surface area contributed by atoms with Crippen molar-refractivity contribution in [2.45, 2.75) is 17.1 Å². The van der Waals surface area contributed by atoms with E-state index in [-0.39, 0.29) is 17.4 Å². The van der Waals surface area contributed by atoms with Crippen molar-refractivity contribution in [3.8, 4) is 16.8 Å². The molecule has 3 aromatic rings. The fraction of sp³-hybridized carbons (Fsp3) is 0.348. The molecule has 0 spiro atoms. The molecule has 1 aromatic carbocycles. The van der Waals surface area contributed by atoms with E-state index in [4.69, 9.17) is 9.57 Å². The Bertz CT molecular complexity index is 1180. The number of hydrogen-bond acceptors (Lipinski definition) is 8. The van der Waals surface area contributed by atoms with Crippen molar-refractivity contribution in [3.63, 3.8) is 0 Å². The summed E-state index contributed by atoms with van der Waals surface area (Å²) in [6.45, 7) is 3.97. The molecule has 10 heteroatoms. The molecular formula is C23H24N4O4S2. The zero-order chi connectivity index (χ0) is 22.8. The van der Waals surface area contributed by atoms with Crippen LogP contribution in [0.5, 0.6) is 0 Å². The molecule has 172 valence electrons. The summed E-state index contributed by atoms with van der Waals surface area (Å²) in [4.78, 5) is 19.7. The van der Waals surface area contributed by atoms with E-state index >= 15 is 0 Å². The fourth-order valence-corrected chi connectivity index (χ4v) is 6.34. The van der Waals surface area contributed by atoms with Crippen molar-refractivity contribution in [2.24, 2.45) is 5.16 Å². The van der Waals surface area contributed by atoms with Crippen LogP contribution in [0.1, 0.15) is 23.4 Å². The van der Waals surface area contributed by atoms with Crippen molar-refractivity contribution in [3.05, 3.63) is 63.3 Å². The largest absolute Gasteiger partial charge is 0.366 e. The summed E-state index contributed by atoms with van der Waals surface area (Å²) in [5.41, 5.74) is 4.86. The lowest BCUT2D eigenvalue weighted by atomic mass is 10.1. The van der Waals surface area contributed by atoms with Gasteiger partial charge in [0.05, 0.1) is 32.0 Å². The summed E-state index contributed by atoms with van der Waals surface area (Å²) < 4.78 is 8.87. The van der Waals surface area contributed by atoms with Gasteiger partial charge in [0.2, 0.25) is 6.79 Å². The van der Waals surface area contributed by atoms with Crippen molar-refractivity contribution in [1.82, 2.24) is 9.47 Å². The van der Waals surface area contributed by atoms with Crippen LogP contribution in [0.3, 0.4) is 0 Å². The van der Waals surface area contributed by atoms with Crippen molar-refractivity contribution >= 4 is 34.5 Å². The molecule has 1 saturated heterocycles. The maximum Gasteiger partial charge on any atom is 0.269 e. The predicted octanol–water partition coefficient (Wildman–Crippen LogP) is 4.99. The van der Waals surface area contributed by atoms with Crippen LogP contribution >= 0.6 is 23.1 Å². The summed E-state index contributed by atoms with van der Waals surface area (Å²) in [6, 6.07) is 10.7. The minimum absolute atomic E-state index is 0.0818. The summed E-state index contributed by atoms with van der Waals surface area (Å²) >= 11 is 3.32. The number of thioether (sulfide) groups is 1. The molecule has 0 bridgehead atoms. The first-order chi connectivity index (χ1) is 16.2. The quantitative estimate of drug-likeness (QED) is 0.109. The molecule has 2 aliphatic rings. The van der Waals surface area contributed by atoms with Gasteiger partial charge in [-0.3, -0.25) is 10.1 Å². The minimum atomic E-state index is -0.378. The molecule has 0 amide bonds. The zero-order valence-electron chi connectivity index (χ0n) is 18.2. The molecule has 2 aliphatic heterocycles. The molecule has 33 heavy (non-hydrogen) atoms. The first-order valence-electron chi connectivity index (χ1n) is 10.8. The van der Waals surface area contributed by atoms with Crippen LogP contribution < -0.4 is 0 Å². The number of non-ortho nitro benzene ring substituents is 1. The molecule has 0 radical (unpaired) electrons. The Morgan fingerprint density at radius 2 is 2.00 bits per heavy atom. The van der Waals surface area contributed by atoms with E-state index in [9.17, 15) is 10.1 Å². The second-order valence-corrected chi connectivity index (χ2v) is 9.95. The van der Waals surface area contributed by atoms with E-state index in [0.29, 0.717) is 6.61 Å². The maximum absolute atomic E-state index is 11.1. The molecule has 1 fully saturated rings. The van der Waals surface area contributed by atoms with Gasteiger partial charge in [-0.1, -0.05) is 5.16 Å². The Labute approximate surface area is 199 Å². The Hall–Kier alpha value is -2.66. The number of nitrogens with zero attached hydrogens (tertiary/aromatic N) is 4. The van der Waals surface area contributed by atoms with Gasteiger partial charge >= 0.3 is 0 Å². The lowest BCUT2D eigenvalue weighted by Crippen LogP contribution is -2.24. The Morgan fingerprint density at radius 3 is 2.73 bits per heavy atom. The molecule has 0 atom stereocenters. The molecular weight excluding hydrogens is 460 g/mol. The minimum Gasteiger partial charge on any atom is -0.366 e. The normalized spacial score (nSPS) is 16.3. The number of ether oxygens (including phenoxy) is 1. The highest BCUT2D eigenvalue weighted by Crippen LogP contribution is 2.48. The van der Waals surface area contributed by atoms with Gasteiger partial charge in [-0.2, -0.15) is 0 Å². The molecule has 0 aliphatic carbocycles. The lowest BCUT2D eigenvalue weighted by molar-refractivity contribution is -0.384. The van der Waals surface area contributed by atoms with Crippen LogP contribution in [0, 0.1) is 10.1 Å². The van der Waals surface area contributed by atoms with Crippen LogP contribution in [-0.4, -0.2) is 59.4 Å². The number of nitro benzene ring substituents is 1. The number of rotatable bonds is 9. The number of likely N-dealkylation sites (tertiary alicyclic amines) is 1. The second-order valence-electron chi connectivity index (χ2n) is 7.86. The first-order valence-corrected chi connectivity index (χ1v) is 12.9. The Balaban J connectivity index is 1.37.